The topological polar surface area (TPSA) is 78.2 Å². The normalized spacial score (nSPS) is 11.1. The van der Waals surface area contributed by atoms with Gasteiger partial charge in [0.2, 0.25) is 5.91 Å². The Labute approximate surface area is 90.6 Å². The van der Waals surface area contributed by atoms with Crippen molar-refractivity contribution in [1.82, 2.24) is 4.90 Å². The van der Waals surface area contributed by atoms with Crippen LogP contribution in [0.4, 0.5) is 0 Å². The largest absolute Gasteiger partial charge is 0.332 e. The molecule has 0 fully saturated rings. The number of sulfone groups is 1. The first-order chi connectivity index (χ1) is 6.78. The highest BCUT2D eigenvalue weighted by Gasteiger charge is 2.20. The summed E-state index contributed by atoms with van der Waals surface area (Å²) in [7, 11) is -1.93. The van der Waals surface area contributed by atoms with Crippen LogP contribution in [-0.4, -0.2) is 44.3 Å². The van der Waals surface area contributed by atoms with E-state index in [9.17, 15) is 13.2 Å². The van der Waals surface area contributed by atoms with Crippen LogP contribution in [0, 0.1) is 17.2 Å². The van der Waals surface area contributed by atoms with E-state index in [0.29, 0.717) is 0 Å². The first-order valence-electron chi connectivity index (χ1n) is 4.60. The van der Waals surface area contributed by atoms with Crippen LogP contribution in [0.25, 0.3) is 0 Å². The van der Waals surface area contributed by atoms with Gasteiger partial charge < -0.3 is 4.90 Å². The van der Waals surface area contributed by atoms with E-state index in [0.717, 1.165) is 4.90 Å². The molecular weight excluding hydrogens is 216 g/mol. The molecule has 0 saturated carbocycles. The summed E-state index contributed by atoms with van der Waals surface area (Å²) in [6.07, 6.45) is 0. The van der Waals surface area contributed by atoms with E-state index in [4.69, 9.17) is 5.26 Å². The van der Waals surface area contributed by atoms with E-state index in [2.05, 4.69) is 0 Å². The van der Waals surface area contributed by atoms with Crippen molar-refractivity contribution < 1.29 is 13.2 Å². The Morgan fingerprint density at radius 2 is 2.00 bits per heavy atom. The molecule has 86 valence electrons. The van der Waals surface area contributed by atoms with Crippen LogP contribution in [0.3, 0.4) is 0 Å². The fourth-order valence-corrected chi connectivity index (χ4v) is 2.79. The molecule has 0 aromatic carbocycles. The molecule has 0 spiro atoms. The second-order valence-corrected chi connectivity index (χ2v) is 5.97. The molecule has 5 nitrogen and oxygen atoms in total. The van der Waals surface area contributed by atoms with Gasteiger partial charge in [-0.2, -0.15) is 5.26 Å². The Kier molecular flexibility index (Phi) is 5.29. The smallest absolute Gasteiger partial charge is 0.238 e. The summed E-state index contributed by atoms with van der Waals surface area (Å²) in [6.45, 7) is 3.47. The average molecular weight is 232 g/mol. The molecule has 0 radical (unpaired) electrons. The lowest BCUT2D eigenvalue weighted by molar-refractivity contribution is -0.126. The van der Waals surface area contributed by atoms with Gasteiger partial charge in [0.05, 0.1) is 11.8 Å². The van der Waals surface area contributed by atoms with Gasteiger partial charge in [0, 0.05) is 7.05 Å². The molecule has 0 bridgehead atoms. The van der Waals surface area contributed by atoms with Gasteiger partial charge in [-0.15, -0.1) is 0 Å². The van der Waals surface area contributed by atoms with E-state index >= 15 is 0 Å². The van der Waals surface area contributed by atoms with E-state index in [1.54, 1.807) is 19.9 Å². The standard InChI is InChI=1S/C9H16N2O3S/c1-8(2)6-15(13,14)7-9(12)11(3)5-4-10/h8H,5-7H2,1-3H3. The Morgan fingerprint density at radius 1 is 1.47 bits per heavy atom. The monoisotopic (exact) mass is 232 g/mol. The molecule has 0 heterocycles. The zero-order chi connectivity index (χ0) is 12.1. The summed E-state index contributed by atoms with van der Waals surface area (Å²) >= 11 is 0. The van der Waals surface area contributed by atoms with Crippen molar-refractivity contribution in [2.24, 2.45) is 5.92 Å². The lowest BCUT2D eigenvalue weighted by Crippen LogP contribution is -2.34. The molecule has 0 saturated heterocycles. The maximum atomic E-state index is 11.4. The van der Waals surface area contributed by atoms with Gasteiger partial charge in [0.15, 0.2) is 9.84 Å². The fraction of sp³-hybridized carbons (Fsp3) is 0.778. The molecule has 0 aliphatic heterocycles. The SMILES string of the molecule is CC(C)CS(=O)(=O)CC(=O)N(C)CC#N. The van der Waals surface area contributed by atoms with Gasteiger partial charge in [0.25, 0.3) is 0 Å². The quantitative estimate of drug-likeness (QED) is 0.627. The van der Waals surface area contributed by atoms with Crippen LogP contribution in [0.2, 0.25) is 0 Å². The molecule has 6 heteroatoms. The van der Waals surface area contributed by atoms with Gasteiger partial charge in [-0.05, 0) is 5.92 Å². The molecule has 0 rings (SSSR count). The Balaban J connectivity index is 4.36. The summed E-state index contributed by atoms with van der Waals surface area (Å²) in [6, 6.07) is 1.79. The van der Waals surface area contributed by atoms with Crippen molar-refractivity contribution in [2.45, 2.75) is 13.8 Å². The molecule has 0 aliphatic carbocycles. The van der Waals surface area contributed by atoms with Gasteiger partial charge in [0.1, 0.15) is 12.3 Å². The van der Waals surface area contributed by atoms with Crippen LogP contribution in [0.5, 0.6) is 0 Å². The second-order valence-electron chi connectivity index (χ2n) is 3.86. The minimum atomic E-state index is -3.34. The molecule has 0 N–H and O–H groups in total. The number of rotatable bonds is 5. The van der Waals surface area contributed by atoms with Crippen molar-refractivity contribution in [3.8, 4) is 6.07 Å². The lowest BCUT2D eigenvalue weighted by atomic mass is 10.3. The summed E-state index contributed by atoms with van der Waals surface area (Å²) in [5, 5.41) is 8.34. The number of nitrogens with zero attached hydrogens (tertiary/aromatic N) is 2. The van der Waals surface area contributed by atoms with Crippen molar-refractivity contribution >= 4 is 15.7 Å². The number of nitriles is 1. The molecule has 0 unspecified atom stereocenters. The second kappa shape index (κ2) is 5.71. The van der Waals surface area contributed by atoms with Gasteiger partial charge in [-0.3, -0.25) is 4.79 Å². The fourth-order valence-electron chi connectivity index (χ4n) is 1.06. The average Bonchev–Trinajstić information content (AvgIpc) is 2.00. The Morgan fingerprint density at radius 3 is 2.40 bits per heavy atom. The van der Waals surface area contributed by atoms with Gasteiger partial charge >= 0.3 is 0 Å². The number of carbonyl (C=O) groups excluding carboxylic acids is 1. The highest BCUT2D eigenvalue weighted by atomic mass is 32.2. The lowest BCUT2D eigenvalue weighted by Gasteiger charge is -2.13. The third-order valence-corrected chi connectivity index (χ3v) is 3.53. The van der Waals surface area contributed by atoms with Crippen molar-refractivity contribution in [3.63, 3.8) is 0 Å². The summed E-state index contributed by atoms with van der Waals surface area (Å²) in [5.41, 5.74) is 0. The van der Waals surface area contributed by atoms with Crippen LogP contribution in [-0.2, 0) is 14.6 Å². The number of hydrogen-bond acceptors (Lipinski definition) is 4. The highest BCUT2D eigenvalue weighted by molar-refractivity contribution is 7.92. The molecule has 0 aliphatic rings. The molecule has 15 heavy (non-hydrogen) atoms. The first kappa shape index (κ1) is 13.9. The van der Waals surface area contributed by atoms with Crippen LogP contribution >= 0.6 is 0 Å². The van der Waals surface area contributed by atoms with Crippen molar-refractivity contribution in [1.29, 1.82) is 5.26 Å². The zero-order valence-electron chi connectivity index (χ0n) is 9.23. The predicted molar refractivity (Wildman–Crippen MR) is 56.7 cm³/mol. The molecule has 0 aromatic heterocycles. The van der Waals surface area contributed by atoms with Crippen molar-refractivity contribution in [3.05, 3.63) is 0 Å². The molecule has 0 atom stereocenters. The Bertz CT molecular complexity index is 354. The summed E-state index contributed by atoms with van der Waals surface area (Å²) in [5.74, 6) is -1.04. The maximum absolute atomic E-state index is 11.4. The van der Waals surface area contributed by atoms with E-state index in [1.807, 2.05) is 0 Å². The van der Waals surface area contributed by atoms with E-state index < -0.39 is 21.5 Å². The summed E-state index contributed by atoms with van der Waals surface area (Å²) < 4.78 is 22.9. The number of hydrogen-bond donors (Lipinski definition) is 0. The van der Waals surface area contributed by atoms with Crippen LogP contribution < -0.4 is 0 Å². The van der Waals surface area contributed by atoms with E-state index in [1.165, 1.54) is 7.05 Å². The maximum Gasteiger partial charge on any atom is 0.238 e. The minimum Gasteiger partial charge on any atom is -0.332 e. The molecule has 1 amide bonds. The highest BCUT2D eigenvalue weighted by Crippen LogP contribution is 2.01. The third-order valence-electron chi connectivity index (χ3n) is 1.66. The first-order valence-corrected chi connectivity index (χ1v) is 6.42. The molecular formula is C9H16N2O3S. The van der Waals surface area contributed by atoms with E-state index in [-0.39, 0.29) is 18.2 Å². The number of carbonyl (C=O) groups is 1. The zero-order valence-corrected chi connectivity index (χ0v) is 10.0. The summed E-state index contributed by atoms with van der Waals surface area (Å²) in [4.78, 5) is 12.4. The number of amides is 1. The third kappa shape index (κ3) is 6.07. The Hall–Kier alpha value is -1.09. The van der Waals surface area contributed by atoms with Crippen molar-refractivity contribution in [2.75, 3.05) is 25.1 Å². The predicted octanol–water partition coefficient (Wildman–Crippen LogP) is 0.0392. The minimum absolute atomic E-state index is 0.000860. The molecule has 0 aromatic rings. The van der Waals surface area contributed by atoms with Gasteiger partial charge in [-0.1, -0.05) is 13.8 Å². The van der Waals surface area contributed by atoms with Crippen LogP contribution in [0.1, 0.15) is 13.8 Å². The van der Waals surface area contributed by atoms with Gasteiger partial charge in [-0.25, -0.2) is 8.42 Å². The van der Waals surface area contributed by atoms with Crippen LogP contribution in [0.15, 0.2) is 0 Å².